The number of ether oxygens (including phenoxy) is 2. The quantitative estimate of drug-likeness (QED) is 0.825. The summed E-state index contributed by atoms with van der Waals surface area (Å²) in [5.41, 5.74) is 1.12. The first-order valence-corrected chi connectivity index (χ1v) is 5.49. The van der Waals surface area contributed by atoms with E-state index in [4.69, 9.17) is 9.47 Å². The van der Waals surface area contributed by atoms with Gasteiger partial charge in [0.15, 0.2) is 0 Å². The Bertz CT molecular complexity index is 412. The van der Waals surface area contributed by atoms with Gasteiger partial charge >= 0.3 is 0 Å². The van der Waals surface area contributed by atoms with Gasteiger partial charge < -0.3 is 14.6 Å². The SMILES string of the molecule is C[C@H](O)[C@]12OC=C[C@H]1[C@@H](c1ccccc1)O2. The van der Waals surface area contributed by atoms with E-state index < -0.39 is 11.9 Å². The van der Waals surface area contributed by atoms with Crippen LogP contribution in [0.5, 0.6) is 0 Å². The largest absolute Gasteiger partial charge is 0.467 e. The molecule has 0 unspecified atom stereocenters. The van der Waals surface area contributed by atoms with Gasteiger partial charge in [-0.1, -0.05) is 30.3 Å². The molecule has 2 aliphatic rings. The maximum Gasteiger partial charge on any atom is 0.245 e. The van der Waals surface area contributed by atoms with Crippen molar-refractivity contribution in [2.75, 3.05) is 0 Å². The third-order valence-electron chi connectivity index (χ3n) is 3.35. The fourth-order valence-corrected chi connectivity index (χ4v) is 2.45. The zero-order valence-corrected chi connectivity index (χ0v) is 9.04. The maximum absolute atomic E-state index is 9.71. The summed E-state index contributed by atoms with van der Waals surface area (Å²) in [7, 11) is 0. The van der Waals surface area contributed by atoms with E-state index in [0.717, 1.165) is 5.56 Å². The van der Waals surface area contributed by atoms with E-state index in [2.05, 4.69) is 0 Å². The summed E-state index contributed by atoms with van der Waals surface area (Å²) in [6.07, 6.45) is 2.95. The summed E-state index contributed by atoms with van der Waals surface area (Å²) in [6.45, 7) is 1.70. The lowest BCUT2D eigenvalue weighted by Crippen LogP contribution is -2.59. The molecule has 3 rings (SSSR count). The number of fused-ring (bicyclic) bond motifs is 1. The molecule has 2 heterocycles. The van der Waals surface area contributed by atoms with Crippen LogP contribution in [0.4, 0.5) is 0 Å². The van der Waals surface area contributed by atoms with Crippen molar-refractivity contribution in [3.63, 3.8) is 0 Å². The van der Waals surface area contributed by atoms with Crippen LogP contribution in [0.25, 0.3) is 0 Å². The highest BCUT2D eigenvalue weighted by Gasteiger charge is 2.62. The minimum atomic E-state index is -0.847. The van der Waals surface area contributed by atoms with Crippen molar-refractivity contribution < 1.29 is 14.6 Å². The number of hydrogen-bond acceptors (Lipinski definition) is 3. The zero-order valence-electron chi connectivity index (χ0n) is 9.04. The van der Waals surface area contributed by atoms with Crippen molar-refractivity contribution in [1.29, 1.82) is 0 Å². The van der Waals surface area contributed by atoms with Gasteiger partial charge in [-0.15, -0.1) is 0 Å². The van der Waals surface area contributed by atoms with E-state index in [1.165, 1.54) is 0 Å². The zero-order chi connectivity index (χ0) is 11.2. The number of hydrogen-bond donors (Lipinski definition) is 1. The third-order valence-corrected chi connectivity index (χ3v) is 3.35. The van der Waals surface area contributed by atoms with Gasteiger partial charge in [-0.2, -0.15) is 0 Å². The van der Waals surface area contributed by atoms with E-state index >= 15 is 0 Å². The number of benzene rings is 1. The van der Waals surface area contributed by atoms with Crippen molar-refractivity contribution in [2.45, 2.75) is 24.9 Å². The van der Waals surface area contributed by atoms with Crippen LogP contribution in [0.3, 0.4) is 0 Å². The standard InChI is InChI=1S/C13H14O3/c1-9(14)13-11(7-8-15-13)12(16-13)10-5-3-2-4-6-10/h2-9,11-12,14H,1H3/t9-,11-,12+,13+/m0/s1. The monoisotopic (exact) mass is 218 g/mol. The van der Waals surface area contributed by atoms with Gasteiger partial charge in [0.05, 0.1) is 18.3 Å². The van der Waals surface area contributed by atoms with Crippen LogP contribution in [-0.4, -0.2) is 17.0 Å². The van der Waals surface area contributed by atoms with Crippen LogP contribution < -0.4 is 0 Å². The molecule has 0 spiro atoms. The first-order valence-electron chi connectivity index (χ1n) is 5.49. The Kier molecular flexibility index (Phi) is 2.06. The summed E-state index contributed by atoms with van der Waals surface area (Å²) in [5, 5.41) is 9.71. The Hall–Kier alpha value is -1.32. The van der Waals surface area contributed by atoms with Gasteiger partial charge in [0, 0.05) is 0 Å². The van der Waals surface area contributed by atoms with E-state index in [1.807, 2.05) is 36.4 Å². The van der Waals surface area contributed by atoms with Gasteiger partial charge in [0.2, 0.25) is 5.79 Å². The molecule has 1 saturated heterocycles. The lowest BCUT2D eigenvalue weighted by atomic mass is 9.80. The highest BCUT2D eigenvalue weighted by atomic mass is 16.7. The van der Waals surface area contributed by atoms with Crippen LogP contribution in [0.2, 0.25) is 0 Å². The molecule has 0 bridgehead atoms. The Morgan fingerprint density at radius 3 is 2.75 bits per heavy atom. The van der Waals surface area contributed by atoms with Crippen molar-refractivity contribution >= 4 is 0 Å². The highest BCUT2D eigenvalue weighted by Crippen LogP contribution is 2.54. The van der Waals surface area contributed by atoms with Crippen molar-refractivity contribution in [1.82, 2.24) is 0 Å². The Labute approximate surface area is 94.3 Å². The fraction of sp³-hybridized carbons (Fsp3) is 0.385. The molecule has 0 aromatic heterocycles. The third kappa shape index (κ3) is 1.16. The molecule has 84 valence electrons. The minimum Gasteiger partial charge on any atom is -0.467 e. The van der Waals surface area contributed by atoms with E-state index in [-0.39, 0.29) is 12.0 Å². The molecule has 0 amide bonds. The average molecular weight is 218 g/mol. The molecular weight excluding hydrogens is 204 g/mol. The summed E-state index contributed by atoms with van der Waals surface area (Å²) >= 11 is 0. The molecule has 0 saturated carbocycles. The number of aliphatic hydroxyl groups is 1. The first kappa shape index (κ1) is 9.87. The smallest absolute Gasteiger partial charge is 0.245 e. The molecule has 3 nitrogen and oxygen atoms in total. The Morgan fingerprint density at radius 2 is 2.06 bits per heavy atom. The van der Waals surface area contributed by atoms with Crippen molar-refractivity contribution in [3.8, 4) is 0 Å². The van der Waals surface area contributed by atoms with Gasteiger partial charge in [-0.05, 0) is 18.6 Å². The van der Waals surface area contributed by atoms with Gasteiger partial charge in [-0.25, -0.2) is 0 Å². The van der Waals surface area contributed by atoms with Gasteiger partial charge in [0.1, 0.15) is 6.10 Å². The second-order valence-electron chi connectivity index (χ2n) is 4.32. The summed E-state index contributed by atoms with van der Waals surface area (Å²) < 4.78 is 11.2. The highest BCUT2D eigenvalue weighted by molar-refractivity contribution is 5.26. The molecular formula is C13H14O3. The molecule has 2 aliphatic heterocycles. The molecule has 16 heavy (non-hydrogen) atoms. The van der Waals surface area contributed by atoms with Crippen LogP contribution in [0, 0.1) is 5.92 Å². The summed E-state index contributed by atoms with van der Waals surface area (Å²) in [5.74, 6) is -0.740. The molecule has 1 aromatic rings. The van der Waals surface area contributed by atoms with Gasteiger partial charge in [-0.3, -0.25) is 0 Å². The molecule has 0 radical (unpaired) electrons. The predicted octanol–water partition coefficient (Wildman–Crippen LogP) is 2.00. The van der Waals surface area contributed by atoms with Crippen LogP contribution in [0.1, 0.15) is 18.6 Å². The van der Waals surface area contributed by atoms with Gasteiger partial charge in [0.25, 0.3) is 0 Å². The predicted molar refractivity (Wildman–Crippen MR) is 58.4 cm³/mol. The van der Waals surface area contributed by atoms with Crippen LogP contribution in [-0.2, 0) is 9.47 Å². The molecule has 4 atom stereocenters. The maximum atomic E-state index is 9.71. The lowest BCUT2D eigenvalue weighted by Gasteiger charge is -2.50. The summed E-state index contributed by atoms with van der Waals surface area (Å²) in [4.78, 5) is 0. The molecule has 1 aromatic carbocycles. The lowest BCUT2D eigenvalue weighted by molar-refractivity contribution is -0.375. The Balaban J connectivity index is 1.86. The average Bonchev–Trinajstić information content (AvgIpc) is 2.59. The summed E-state index contributed by atoms with van der Waals surface area (Å²) in [6, 6.07) is 10.0. The number of aliphatic hydroxyl groups excluding tert-OH is 1. The van der Waals surface area contributed by atoms with Crippen molar-refractivity contribution in [3.05, 3.63) is 48.2 Å². The molecule has 1 fully saturated rings. The fourth-order valence-electron chi connectivity index (χ4n) is 2.45. The molecule has 0 aliphatic carbocycles. The topological polar surface area (TPSA) is 38.7 Å². The Morgan fingerprint density at radius 1 is 1.31 bits per heavy atom. The molecule has 3 heteroatoms. The minimum absolute atomic E-state index is 0.00505. The van der Waals surface area contributed by atoms with E-state index in [1.54, 1.807) is 13.2 Å². The second kappa shape index (κ2) is 3.34. The van der Waals surface area contributed by atoms with E-state index in [9.17, 15) is 5.11 Å². The van der Waals surface area contributed by atoms with Crippen LogP contribution in [0.15, 0.2) is 42.7 Å². The first-order chi connectivity index (χ1) is 7.74. The normalized spacial score (nSPS) is 37.4. The van der Waals surface area contributed by atoms with Crippen molar-refractivity contribution in [2.24, 2.45) is 5.92 Å². The second-order valence-corrected chi connectivity index (χ2v) is 4.32. The van der Waals surface area contributed by atoms with E-state index in [0.29, 0.717) is 0 Å². The van der Waals surface area contributed by atoms with Crippen LogP contribution >= 0.6 is 0 Å². The molecule has 1 N–H and O–H groups in total. The number of rotatable bonds is 2.